The molecule has 4 aromatic rings. The van der Waals surface area contributed by atoms with Gasteiger partial charge in [0.2, 0.25) is 5.91 Å². The summed E-state index contributed by atoms with van der Waals surface area (Å²) in [5.41, 5.74) is 1.05. The molecule has 0 aliphatic carbocycles. The Morgan fingerprint density at radius 2 is 1.55 bits per heavy atom. The molecule has 226 valence electrons. The van der Waals surface area contributed by atoms with E-state index >= 15 is 0 Å². The Balaban J connectivity index is 1.49. The molecule has 0 radical (unpaired) electrons. The minimum atomic E-state index is -4.57. The van der Waals surface area contributed by atoms with Crippen molar-refractivity contribution in [3.05, 3.63) is 106 Å². The quantitative estimate of drug-likeness (QED) is 0.271. The van der Waals surface area contributed by atoms with Crippen molar-refractivity contribution in [1.29, 1.82) is 0 Å². The largest absolute Gasteiger partial charge is 0.416 e. The lowest BCUT2D eigenvalue weighted by Gasteiger charge is -2.31. The third-order valence-electron chi connectivity index (χ3n) is 6.99. The number of halogens is 3. The second kappa shape index (κ2) is 12.2. The van der Waals surface area contributed by atoms with E-state index in [1.807, 2.05) is 19.0 Å². The van der Waals surface area contributed by atoms with E-state index in [1.165, 1.54) is 29.6 Å². The predicted octanol–water partition coefficient (Wildman–Crippen LogP) is 4.63. The summed E-state index contributed by atoms with van der Waals surface area (Å²) in [7, 11) is 3.72. The van der Waals surface area contributed by atoms with Crippen LogP contribution in [0.4, 0.5) is 24.5 Å². The summed E-state index contributed by atoms with van der Waals surface area (Å²) in [4.78, 5) is 57.6. The number of alkyl halides is 3. The highest BCUT2D eigenvalue weighted by molar-refractivity contribution is 7.03. The summed E-state index contributed by atoms with van der Waals surface area (Å²) in [6, 6.07) is 15.7. The predicted molar refractivity (Wildman–Crippen MR) is 156 cm³/mol. The lowest BCUT2D eigenvalue weighted by Crippen LogP contribution is -2.47. The van der Waals surface area contributed by atoms with Crippen LogP contribution in [-0.2, 0) is 22.3 Å². The van der Waals surface area contributed by atoms with Crippen LogP contribution in [0.5, 0.6) is 0 Å². The molecule has 1 atom stereocenters. The van der Waals surface area contributed by atoms with E-state index in [0.717, 1.165) is 39.2 Å². The topological polar surface area (TPSA) is 116 Å². The molecule has 0 bridgehead atoms. The Morgan fingerprint density at radius 1 is 0.932 bits per heavy atom. The van der Waals surface area contributed by atoms with Crippen molar-refractivity contribution in [3.63, 3.8) is 0 Å². The molecule has 0 fully saturated rings. The van der Waals surface area contributed by atoms with Crippen LogP contribution in [0, 0.1) is 0 Å². The molecule has 44 heavy (non-hydrogen) atoms. The maximum absolute atomic E-state index is 14.0. The number of hydrogen-bond acceptors (Lipinski definition) is 8. The van der Waals surface area contributed by atoms with Crippen LogP contribution in [0.15, 0.2) is 78.2 Å². The summed E-state index contributed by atoms with van der Waals surface area (Å²) in [6.45, 7) is -1.05. The highest BCUT2D eigenvalue weighted by atomic mass is 32.1. The normalized spacial score (nSPS) is 13.4. The van der Waals surface area contributed by atoms with Gasteiger partial charge in [-0.25, -0.2) is 0 Å². The van der Waals surface area contributed by atoms with E-state index < -0.39 is 48.0 Å². The maximum atomic E-state index is 14.0. The van der Waals surface area contributed by atoms with Gasteiger partial charge in [0.1, 0.15) is 12.2 Å². The molecule has 1 aromatic heterocycles. The van der Waals surface area contributed by atoms with Crippen LogP contribution in [0.25, 0.3) is 0 Å². The smallest absolute Gasteiger partial charge is 0.378 e. The molecule has 0 saturated heterocycles. The number of hydrogen-bond donors (Lipinski definition) is 1. The van der Waals surface area contributed by atoms with Crippen molar-refractivity contribution in [2.75, 3.05) is 30.9 Å². The first-order chi connectivity index (χ1) is 20.9. The molecule has 1 aliphatic rings. The maximum Gasteiger partial charge on any atom is 0.416 e. The fraction of sp³-hybridized carbons (Fsp3) is 0.200. The second-order valence-electron chi connectivity index (χ2n) is 10.1. The Hall–Kier alpha value is -5.11. The summed E-state index contributed by atoms with van der Waals surface area (Å²) in [5.74, 6) is -2.84. The fourth-order valence-corrected chi connectivity index (χ4v) is 5.18. The van der Waals surface area contributed by atoms with Gasteiger partial charge in [-0.2, -0.15) is 13.2 Å². The van der Waals surface area contributed by atoms with E-state index in [1.54, 1.807) is 36.4 Å². The number of aromatic nitrogens is 2. The summed E-state index contributed by atoms with van der Waals surface area (Å²) in [6.07, 6.45) is -4.57. The van der Waals surface area contributed by atoms with Crippen molar-refractivity contribution in [3.8, 4) is 0 Å². The molecule has 1 N–H and O–H groups in total. The van der Waals surface area contributed by atoms with Gasteiger partial charge in [-0.3, -0.25) is 24.1 Å². The monoisotopic (exact) mass is 622 g/mol. The van der Waals surface area contributed by atoms with E-state index in [-0.39, 0.29) is 28.9 Å². The van der Waals surface area contributed by atoms with Gasteiger partial charge in [0.25, 0.3) is 17.7 Å². The zero-order chi connectivity index (χ0) is 31.6. The highest BCUT2D eigenvalue weighted by Gasteiger charge is 2.40. The van der Waals surface area contributed by atoms with Crippen LogP contribution >= 0.6 is 11.5 Å². The third kappa shape index (κ3) is 6.29. The average molecular weight is 623 g/mol. The molecule has 3 aromatic carbocycles. The first-order valence-electron chi connectivity index (χ1n) is 13.2. The fourth-order valence-electron chi connectivity index (χ4n) is 4.71. The van der Waals surface area contributed by atoms with E-state index in [0.29, 0.717) is 5.69 Å². The summed E-state index contributed by atoms with van der Waals surface area (Å²) >= 11 is 0.934. The van der Waals surface area contributed by atoms with Crippen LogP contribution < -0.4 is 10.2 Å². The lowest BCUT2D eigenvalue weighted by atomic mass is 10.1. The molecule has 4 amide bonds. The Bertz CT molecular complexity index is 1660. The van der Waals surface area contributed by atoms with Crippen molar-refractivity contribution in [1.82, 2.24) is 19.4 Å². The van der Waals surface area contributed by atoms with Gasteiger partial charge in [-0.15, -0.1) is 5.10 Å². The van der Waals surface area contributed by atoms with Crippen LogP contribution in [0.3, 0.4) is 0 Å². The second-order valence-corrected chi connectivity index (χ2v) is 10.7. The van der Waals surface area contributed by atoms with Crippen LogP contribution in [0.2, 0.25) is 0 Å². The van der Waals surface area contributed by atoms with E-state index in [4.69, 9.17) is 0 Å². The van der Waals surface area contributed by atoms with Crippen molar-refractivity contribution in [2.24, 2.45) is 0 Å². The number of fused-ring (bicyclic) bond motifs is 1. The Morgan fingerprint density at radius 3 is 2.07 bits per heavy atom. The number of imide groups is 1. The number of carbonyl (C=O) groups excluding carboxylic acids is 4. The minimum Gasteiger partial charge on any atom is -0.378 e. The molecular formula is C30H25F3N6O4S. The van der Waals surface area contributed by atoms with Gasteiger partial charge in [0, 0.05) is 37.4 Å². The van der Waals surface area contributed by atoms with E-state index in [9.17, 15) is 32.3 Å². The van der Waals surface area contributed by atoms with E-state index in [2.05, 4.69) is 14.9 Å². The molecule has 2 heterocycles. The zero-order valence-electron chi connectivity index (χ0n) is 23.4. The van der Waals surface area contributed by atoms with Gasteiger partial charge in [-0.1, -0.05) is 28.8 Å². The average Bonchev–Trinajstić information content (AvgIpc) is 3.60. The van der Waals surface area contributed by atoms with Crippen LogP contribution in [-0.4, -0.2) is 63.7 Å². The molecule has 0 saturated carbocycles. The minimum absolute atomic E-state index is 0.0973. The number of carbonyl (C=O) groups is 4. The molecule has 0 spiro atoms. The van der Waals surface area contributed by atoms with Crippen molar-refractivity contribution < 1.29 is 32.3 Å². The third-order valence-corrected chi connectivity index (χ3v) is 7.52. The van der Waals surface area contributed by atoms with Gasteiger partial charge >= 0.3 is 6.18 Å². The van der Waals surface area contributed by atoms with Gasteiger partial charge in [0.15, 0.2) is 6.04 Å². The molecule has 14 heteroatoms. The number of nitrogens with zero attached hydrogens (tertiary/aromatic N) is 5. The van der Waals surface area contributed by atoms with Crippen molar-refractivity contribution >= 4 is 46.5 Å². The molecule has 1 aliphatic heterocycles. The number of anilines is 2. The Kier molecular flexibility index (Phi) is 8.45. The highest BCUT2D eigenvalue weighted by Crippen LogP contribution is 2.31. The number of amides is 4. The van der Waals surface area contributed by atoms with Gasteiger partial charge < -0.3 is 15.1 Å². The summed E-state index contributed by atoms with van der Waals surface area (Å²) < 4.78 is 43.5. The van der Waals surface area contributed by atoms with Crippen LogP contribution in [0.1, 0.15) is 43.6 Å². The molecule has 10 nitrogen and oxygen atoms in total. The first-order valence-corrected chi connectivity index (χ1v) is 14.0. The summed E-state index contributed by atoms with van der Waals surface area (Å²) in [5, 5.41) is 8.24. The van der Waals surface area contributed by atoms with Gasteiger partial charge in [0.05, 0.1) is 16.7 Å². The Labute approximate surface area is 253 Å². The molecule has 0 unspecified atom stereocenters. The molecular weight excluding hydrogens is 597 g/mol. The standard InChI is InChI=1S/C30H25F3N6O4S/c1-37(2)21-13-11-20(12-14-21)34-27(41)26(24-17-44-36-35-24)38(15-18-7-9-19(10-8-18)30(31,32)33)25(40)16-39-28(42)22-5-3-4-6-23(22)29(39)43/h3-14,17,26H,15-16H2,1-2H3,(H,34,41)/t26-/m1/s1. The number of nitrogens with one attached hydrogen (secondary N) is 1. The lowest BCUT2D eigenvalue weighted by molar-refractivity contribution is -0.140. The molecule has 5 rings (SSSR count). The number of rotatable bonds is 9. The first kappa shape index (κ1) is 30.4. The zero-order valence-corrected chi connectivity index (χ0v) is 24.2. The SMILES string of the molecule is CN(C)c1ccc(NC(=O)[C@@H](c2csnn2)N(Cc2ccc(C(F)(F)F)cc2)C(=O)CN2C(=O)c3ccccc3C2=O)cc1. The van der Waals surface area contributed by atoms with Crippen molar-refractivity contribution in [2.45, 2.75) is 18.8 Å². The van der Waals surface area contributed by atoms with Gasteiger partial charge in [-0.05, 0) is 65.6 Å². The number of benzene rings is 3.